The van der Waals surface area contributed by atoms with Crippen LogP contribution in [-0.4, -0.2) is 55.1 Å². The number of hydrogen-bond acceptors (Lipinski definition) is 5. The number of aliphatic hydroxyl groups is 1. The number of benzene rings is 1. The predicted octanol–water partition coefficient (Wildman–Crippen LogP) is 2.84. The monoisotopic (exact) mass is 337 g/mol. The predicted molar refractivity (Wildman–Crippen MR) is 94.7 cm³/mol. The first-order chi connectivity index (χ1) is 11.3. The molecule has 1 unspecified atom stereocenters. The van der Waals surface area contributed by atoms with E-state index in [1.54, 1.807) is 14.2 Å². The van der Waals surface area contributed by atoms with Gasteiger partial charge in [0.2, 0.25) is 0 Å². The van der Waals surface area contributed by atoms with Crippen molar-refractivity contribution in [3.05, 3.63) is 23.8 Å². The first-order valence-corrected chi connectivity index (χ1v) is 8.60. The molecule has 0 spiro atoms. The van der Waals surface area contributed by atoms with Gasteiger partial charge in [0.25, 0.3) is 0 Å². The van der Waals surface area contributed by atoms with Crippen LogP contribution >= 0.6 is 0 Å². The fourth-order valence-electron chi connectivity index (χ4n) is 2.75. The fourth-order valence-corrected chi connectivity index (χ4v) is 2.75. The summed E-state index contributed by atoms with van der Waals surface area (Å²) in [6.07, 6.45) is 1.86. The van der Waals surface area contributed by atoms with Gasteiger partial charge in [-0.05, 0) is 39.7 Å². The molecule has 1 fully saturated rings. The van der Waals surface area contributed by atoms with Crippen LogP contribution < -0.4 is 9.47 Å². The molecular formula is C19H31NO4. The Balaban J connectivity index is 2.02. The van der Waals surface area contributed by atoms with E-state index in [1.165, 1.54) is 12.8 Å². The number of nitrogens with zero attached hydrogens (tertiary/aromatic N) is 1. The highest BCUT2D eigenvalue weighted by atomic mass is 16.5. The zero-order valence-electron chi connectivity index (χ0n) is 15.5. The van der Waals surface area contributed by atoms with Crippen molar-refractivity contribution < 1.29 is 19.3 Å². The molecule has 1 saturated carbocycles. The Morgan fingerprint density at radius 3 is 2.46 bits per heavy atom. The van der Waals surface area contributed by atoms with Crippen molar-refractivity contribution in [2.24, 2.45) is 0 Å². The number of methoxy groups -OCH3 is 2. The second-order valence-corrected chi connectivity index (χ2v) is 7.39. The highest BCUT2D eigenvalue weighted by Gasteiger charge is 2.31. The molecule has 24 heavy (non-hydrogen) atoms. The van der Waals surface area contributed by atoms with Crippen molar-refractivity contribution in [1.29, 1.82) is 0 Å². The average molecular weight is 337 g/mol. The molecule has 1 aromatic carbocycles. The van der Waals surface area contributed by atoms with Gasteiger partial charge < -0.3 is 19.3 Å². The zero-order chi connectivity index (χ0) is 17.7. The summed E-state index contributed by atoms with van der Waals surface area (Å²) in [6.45, 7) is 7.68. The van der Waals surface area contributed by atoms with Crippen LogP contribution in [0.25, 0.3) is 0 Å². The molecule has 5 heteroatoms. The molecule has 0 amide bonds. The minimum Gasteiger partial charge on any atom is -0.493 e. The number of para-hydroxylation sites is 1. The SMILES string of the molecule is COc1cccc(CN(CC(O)COC(C)(C)C)C2CC2)c1OC. The number of ether oxygens (including phenoxy) is 3. The van der Waals surface area contributed by atoms with Gasteiger partial charge in [0.1, 0.15) is 0 Å². The molecule has 0 saturated heterocycles. The van der Waals surface area contributed by atoms with Crippen molar-refractivity contribution in [1.82, 2.24) is 4.90 Å². The fraction of sp³-hybridized carbons (Fsp3) is 0.684. The van der Waals surface area contributed by atoms with E-state index in [0.717, 1.165) is 23.6 Å². The van der Waals surface area contributed by atoms with E-state index in [-0.39, 0.29) is 5.60 Å². The van der Waals surface area contributed by atoms with Crippen LogP contribution in [-0.2, 0) is 11.3 Å². The highest BCUT2D eigenvalue weighted by Crippen LogP contribution is 2.34. The van der Waals surface area contributed by atoms with Gasteiger partial charge in [-0.15, -0.1) is 0 Å². The van der Waals surface area contributed by atoms with E-state index in [2.05, 4.69) is 11.0 Å². The standard InChI is InChI=1S/C19H31NO4/c1-19(2,3)24-13-16(21)12-20(15-9-10-15)11-14-7-6-8-17(22-4)18(14)23-5/h6-8,15-16,21H,9-13H2,1-5H3. The minimum atomic E-state index is -0.499. The zero-order valence-corrected chi connectivity index (χ0v) is 15.5. The van der Waals surface area contributed by atoms with E-state index in [4.69, 9.17) is 14.2 Å². The Morgan fingerprint density at radius 1 is 1.21 bits per heavy atom. The number of aliphatic hydroxyl groups excluding tert-OH is 1. The molecule has 2 rings (SSSR count). The van der Waals surface area contributed by atoms with E-state index < -0.39 is 6.10 Å². The van der Waals surface area contributed by atoms with Gasteiger partial charge in [0.05, 0.1) is 32.5 Å². The molecule has 136 valence electrons. The summed E-state index contributed by atoms with van der Waals surface area (Å²) in [5.41, 5.74) is 0.842. The summed E-state index contributed by atoms with van der Waals surface area (Å²) in [4.78, 5) is 2.31. The number of hydrogen-bond donors (Lipinski definition) is 1. The Bertz CT molecular complexity index is 523. The second-order valence-electron chi connectivity index (χ2n) is 7.39. The lowest BCUT2D eigenvalue weighted by Gasteiger charge is -2.28. The Hall–Kier alpha value is -1.30. The maximum Gasteiger partial charge on any atom is 0.165 e. The third-order valence-electron chi connectivity index (χ3n) is 4.08. The molecule has 0 aromatic heterocycles. The third-order valence-corrected chi connectivity index (χ3v) is 4.08. The van der Waals surface area contributed by atoms with E-state index >= 15 is 0 Å². The second kappa shape index (κ2) is 8.19. The number of rotatable bonds is 9. The quantitative estimate of drug-likeness (QED) is 0.751. The van der Waals surface area contributed by atoms with Crippen LogP contribution in [0, 0.1) is 0 Å². The first-order valence-electron chi connectivity index (χ1n) is 8.60. The largest absolute Gasteiger partial charge is 0.493 e. The normalized spacial score (nSPS) is 16.3. The molecule has 1 aromatic rings. The summed E-state index contributed by atoms with van der Waals surface area (Å²) in [6, 6.07) is 6.45. The molecule has 1 atom stereocenters. The molecule has 1 N–H and O–H groups in total. The average Bonchev–Trinajstić information content (AvgIpc) is 3.36. The van der Waals surface area contributed by atoms with Gasteiger partial charge in [-0.3, -0.25) is 4.90 Å². The maximum atomic E-state index is 10.3. The van der Waals surface area contributed by atoms with Crippen molar-refractivity contribution in [3.63, 3.8) is 0 Å². The van der Waals surface area contributed by atoms with E-state index in [9.17, 15) is 5.11 Å². The van der Waals surface area contributed by atoms with Crippen molar-refractivity contribution in [3.8, 4) is 11.5 Å². The van der Waals surface area contributed by atoms with Gasteiger partial charge in [-0.1, -0.05) is 12.1 Å². The van der Waals surface area contributed by atoms with Gasteiger partial charge in [0, 0.05) is 24.7 Å². The van der Waals surface area contributed by atoms with Crippen LogP contribution in [0.1, 0.15) is 39.2 Å². The highest BCUT2D eigenvalue weighted by molar-refractivity contribution is 5.46. The minimum absolute atomic E-state index is 0.235. The summed E-state index contributed by atoms with van der Waals surface area (Å²) >= 11 is 0. The molecule has 5 nitrogen and oxygen atoms in total. The van der Waals surface area contributed by atoms with Crippen LogP contribution in [0.2, 0.25) is 0 Å². The molecule has 0 aliphatic heterocycles. The Kier molecular flexibility index (Phi) is 6.49. The summed E-state index contributed by atoms with van der Waals surface area (Å²) in [5.74, 6) is 1.51. The Morgan fingerprint density at radius 2 is 1.92 bits per heavy atom. The van der Waals surface area contributed by atoms with Crippen LogP contribution in [0.4, 0.5) is 0 Å². The van der Waals surface area contributed by atoms with Gasteiger partial charge in [0.15, 0.2) is 11.5 Å². The Labute approximate surface area is 145 Å². The van der Waals surface area contributed by atoms with Crippen LogP contribution in [0.3, 0.4) is 0 Å². The smallest absolute Gasteiger partial charge is 0.165 e. The summed E-state index contributed by atoms with van der Waals surface area (Å²) in [7, 11) is 3.31. The van der Waals surface area contributed by atoms with E-state index in [1.807, 2.05) is 32.9 Å². The van der Waals surface area contributed by atoms with Crippen LogP contribution in [0.15, 0.2) is 18.2 Å². The van der Waals surface area contributed by atoms with Crippen molar-refractivity contribution in [2.75, 3.05) is 27.4 Å². The van der Waals surface area contributed by atoms with Crippen molar-refractivity contribution in [2.45, 2.75) is 57.9 Å². The van der Waals surface area contributed by atoms with Gasteiger partial charge in [-0.25, -0.2) is 0 Å². The van der Waals surface area contributed by atoms with Gasteiger partial charge in [-0.2, -0.15) is 0 Å². The van der Waals surface area contributed by atoms with Crippen molar-refractivity contribution >= 4 is 0 Å². The lowest BCUT2D eigenvalue weighted by atomic mass is 10.1. The maximum absolute atomic E-state index is 10.3. The molecule has 1 aliphatic carbocycles. The molecule has 0 bridgehead atoms. The lowest BCUT2D eigenvalue weighted by molar-refractivity contribution is -0.0573. The molecular weight excluding hydrogens is 306 g/mol. The summed E-state index contributed by atoms with van der Waals surface area (Å²) < 4.78 is 16.6. The topological polar surface area (TPSA) is 51.2 Å². The molecule has 0 heterocycles. The first kappa shape index (κ1) is 19.0. The molecule has 1 aliphatic rings. The summed E-state index contributed by atoms with van der Waals surface area (Å²) in [5, 5.41) is 10.3. The molecule has 0 radical (unpaired) electrons. The lowest BCUT2D eigenvalue weighted by Crippen LogP contribution is -2.37. The van der Waals surface area contributed by atoms with Crippen LogP contribution in [0.5, 0.6) is 11.5 Å². The van der Waals surface area contributed by atoms with E-state index in [0.29, 0.717) is 19.2 Å². The van der Waals surface area contributed by atoms with Gasteiger partial charge >= 0.3 is 0 Å². The third kappa shape index (κ3) is 5.65.